The molecule has 3 rings (SSSR count). The number of carbonyl (C=O) groups excluding carboxylic acids is 1. The van der Waals surface area contributed by atoms with Crippen molar-refractivity contribution < 1.29 is 13.2 Å². The molecule has 1 spiro atoms. The Morgan fingerprint density at radius 2 is 2.04 bits per heavy atom. The van der Waals surface area contributed by atoms with Crippen LogP contribution in [0.15, 0.2) is 23.1 Å². The van der Waals surface area contributed by atoms with Crippen molar-refractivity contribution in [2.24, 2.45) is 11.3 Å². The van der Waals surface area contributed by atoms with E-state index in [0.29, 0.717) is 21.6 Å². The molecule has 4 nitrogen and oxygen atoms in total. The first-order chi connectivity index (χ1) is 10.7. The Kier molecular flexibility index (Phi) is 4.03. The Labute approximate surface area is 138 Å². The lowest BCUT2D eigenvalue weighted by molar-refractivity contribution is 0.101. The summed E-state index contributed by atoms with van der Waals surface area (Å²) in [6.45, 7) is 5.59. The molecule has 1 aliphatic heterocycles. The van der Waals surface area contributed by atoms with E-state index in [2.05, 4.69) is 11.8 Å². The number of benzene rings is 1. The normalized spacial score (nSPS) is 27.8. The first kappa shape index (κ1) is 16.5. The molecule has 1 aromatic rings. The van der Waals surface area contributed by atoms with Crippen LogP contribution >= 0.6 is 0 Å². The number of hydrogen-bond acceptors (Lipinski definition) is 4. The van der Waals surface area contributed by atoms with Crippen LogP contribution in [0.5, 0.6) is 0 Å². The van der Waals surface area contributed by atoms with Gasteiger partial charge in [-0.3, -0.25) is 4.79 Å². The molecule has 5 heteroatoms. The second-order valence-corrected chi connectivity index (χ2v) is 9.51. The zero-order chi connectivity index (χ0) is 16.8. The predicted molar refractivity (Wildman–Crippen MR) is 91.8 cm³/mol. The van der Waals surface area contributed by atoms with Crippen molar-refractivity contribution >= 4 is 21.3 Å². The zero-order valence-electron chi connectivity index (χ0n) is 14.1. The molecule has 0 N–H and O–H groups in total. The highest BCUT2D eigenvalue weighted by atomic mass is 32.2. The van der Waals surface area contributed by atoms with E-state index in [-0.39, 0.29) is 5.78 Å². The zero-order valence-corrected chi connectivity index (χ0v) is 14.9. The van der Waals surface area contributed by atoms with Crippen molar-refractivity contribution in [1.82, 2.24) is 0 Å². The molecule has 0 radical (unpaired) electrons. The fourth-order valence-corrected chi connectivity index (χ4v) is 5.19. The van der Waals surface area contributed by atoms with Gasteiger partial charge in [-0.05, 0) is 55.7 Å². The number of ketones is 1. The maximum atomic E-state index is 12.1. The van der Waals surface area contributed by atoms with E-state index in [4.69, 9.17) is 0 Å². The number of hydrogen-bond donors (Lipinski definition) is 0. The monoisotopic (exact) mass is 335 g/mol. The first-order valence-electron chi connectivity index (χ1n) is 8.30. The van der Waals surface area contributed by atoms with E-state index in [1.54, 1.807) is 18.2 Å². The van der Waals surface area contributed by atoms with Gasteiger partial charge in [0.25, 0.3) is 0 Å². The molecular weight excluding hydrogens is 310 g/mol. The molecule has 2 fully saturated rings. The highest BCUT2D eigenvalue weighted by molar-refractivity contribution is 7.90. The summed E-state index contributed by atoms with van der Waals surface area (Å²) in [4.78, 5) is 14.2. The van der Waals surface area contributed by atoms with Crippen molar-refractivity contribution in [1.29, 1.82) is 0 Å². The van der Waals surface area contributed by atoms with E-state index in [1.165, 1.54) is 32.4 Å². The standard InChI is InChI=1S/C18H25NO3S/c1-13-6-7-18(11-13)8-9-19(12-18)16-10-15(14(2)20)4-5-17(16)23(3,21)22/h4-5,10,13H,6-9,11-12H2,1-3H3. The van der Waals surface area contributed by atoms with Crippen LogP contribution in [0.1, 0.15) is 49.9 Å². The summed E-state index contributed by atoms with van der Waals surface area (Å²) in [6.07, 6.45) is 6.07. The average molecular weight is 335 g/mol. The molecule has 23 heavy (non-hydrogen) atoms. The molecule has 1 heterocycles. The maximum Gasteiger partial charge on any atom is 0.177 e. The molecule has 2 aliphatic rings. The lowest BCUT2D eigenvalue weighted by Crippen LogP contribution is -2.26. The summed E-state index contributed by atoms with van der Waals surface area (Å²) in [7, 11) is -3.31. The fourth-order valence-electron chi connectivity index (χ4n) is 4.30. The van der Waals surface area contributed by atoms with Gasteiger partial charge in [-0.2, -0.15) is 0 Å². The van der Waals surface area contributed by atoms with Gasteiger partial charge in [0.1, 0.15) is 0 Å². The quantitative estimate of drug-likeness (QED) is 0.795. The molecule has 0 aromatic heterocycles. The second-order valence-electron chi connectivity index (χ2n) is 7.53. The first-order valence-corrected chi connectivity index (χ1v) is 10.2. The van der Waals surface area contributed by atoms with Crippen LogP contribution in [-0.4, -0.2) is 33.5 Å². The minimum Gasteiger partial charge on any atom is -0.370 e. The SMILES string of the molecule is CC(=O)c1ccc(S(C)(=O)=O)c(N2CCC3(CCC(C)C3)C2)c1. The average Bonchev–Trinajstić information content (AvgIpc) is 3.04. The van der Waals surface area contributed by atoms with E-state index in [9.17, 15) is 13.2 Å². The molecule has 1 aliphatic carbocycles. The molecule has 2 unspecified atom stereocenters. The van der Waals surface area contributed by atoms with Crippen molar-refractivity contribution in [2.75, 3.05) is 24.2 Å². The van der Waals surface area contributed by atoms with Crippen molar-refractivity contribution in [2.45, 2.75) is 44.4 Å². The number of anilines is 1. The van der Waals surface area contributed by atoms with Gasteiger partial charge < -0.3 is 4.90 Å². The molecule has 0 bridgehead atoms. The Hall–Kier alpha value is -1.36. The summed E-state index contributed by atoms with van der Waals surface area (Å²) in [5.74, 6) is 0.725. The van der Waals surface area contributed by atoms with E-state index in [1.807, 2.05) is 0 Å². The van der Waals surface area contributed by atoms with Crippen LogP contribution in [0, 0.1) is 11.3 Å². The molecule has 0 amide bonds. The number of nitrogens with zero attached hydrogens (tertiary/aromatic N) is 1. The van der Waals surface area contributed by atoms with Gasteiger partial charge in [-0.25, -0.2) is 8.42 Å². The van der Waals surface area contributed by atoms with Gasteiger partial charge in [0.05, 0.1) is 10.6 Å². The Balaban J connectivity index is 1.98. The van der Waals surface area contributed by atoms with Crippen molar-refractivity contribution in [3.63, 3.8) is 0 Å². The van der Waals surface area contributed by atoms with Gasteiger partial charge in [0.15, 0.2) is 15.6 Å². The summed E-state index contributed by atoms with van der Waals surface area (Å²) in [5.41, 5.74) is 1.62. The molecule has 1 aromatic carbocycles. The third kappa shape index (κ3) is 3.16. The van der Waals surface area contributed by atoms with Crippen LogP contribution < -0.4 is 4.90 Å². The van der Waals surface area contributed by atoms with Gasteiger partial charge in [0.2, 0.25) is 0 Å². The minimum absolute atomic E-state index is 0.0327. The molecule has 126 valence electrons. The smallest absolute Gasteiger partial charge is 0.177 e. The number of rotatable bonds is 3. The third-order valence-electron chi connectivity index (χ3n) is 5.49. The van der Waals surface area contributed by atoms with Crippen LogP contribution in [0.3, 0.4) is 0 Å². The van der Waals surface area contributed by atoms with Gasteiger partial charge in [-0.15, -0.1) is 0 Å². The number of Topliss-reactive ketones (excluding diaryl/α,β-unsaturated/α-hetero) is 1. The molecule has 1 saturated heterocycles. The van der Waals surface area contributed by atoms with Crippen LogP contribution in [0.4, 0.5) is 5.69 Å². The van der Waals surface area contributed by atoms with Crippen molar-refractivity contribution in [3.8, 4) is 0 Å². The molecule has 2 atom stereocenters. The molecular formula is C18H25NO3S. The Bertz CT molecular complexity index is 741. The summed E-state index contributed by atoms with van der Waals surface area (Å²) in [5, 5.41) is 0. The molecule has 1 saturated carbocycles. The van der Waals surface area contributed by atoms with E-state index >= 15 is 0 Å². The van der Waals surface area contributed by atoms with Crippen LogP contribution in [0.25, 0.3) is 0 Å². The predicted octanol–water partition coefficient (Wildman–Crippen LogP) is 3.31. The second kappa shape index (κ2) is 5.62. The van der Waals surface area contributed by atoms with Gasteiger partial charge in [0, 0.05) is 24.9 Å². The lowest BCUT2D eigenvalue weighted by atomic mass is 9.85. The summed E-state index contributed by atoms with van der Waals surface area (Å²) < 4.78 is 24.3. The van der Waals surface area contributed by atoms with E-state index < -0.39 is 9.84 Å². The highest BCUT2D eigenvalue weighted by Gasteiger charge is 2.43. The Morgan fingerprint density at radius 1 is 1.30 bits per heavy atom. The Morgan fingerprint density at radius 3 is 2.61 bits per heavy atom. The largest absolute Gasteiger partial charge is 0.370 e. The van der Waals surface area contributed by atoms with E-state index in [0.717, 1.165) is 25.4 Å². The maximum absolute atomic E-state index is 12.1. The summed E-state index contributed by atoms with van der Waals surface area (Å²) in [6, 6.07) is 4.96. The number of carbonyl (C=O) groups is 1. The number of sulfone groups is 1. The van der Waals surface area contributed by atoms with Crippen molar-refractivity contribution in [3.05, 3.63) is 23.8 Å². The minimum atomic E-state index is -3.31. The third-order valence-corrected chi connectivity index (χ3v) is 6.64. The topological polar surface area (TPSA) is 54.5 Å². The van der Waals surface area contributed by atoms with Gasteiger partial charge in [-0.1, -0.05) is 13.3 Å². The van der Waals surface area contributed by atoms with Gasteiger partial charge >= 0.3 is 0 Å². The highest BCUT2D eigenvalue weighted by Crippen LogP contribution is 2.49. The summed E-state index contributed by atoms with van der Waals surface area (Å²) >= 11 is 0. The van der Waals surface area contributed by atoms with Crippen LogP contribution in [-0.2, 0) is 9.84 Å². The fraction of sp³-hybridized carbons (Fsp3) is 0.611. The van der Waals surface area contributed by atoms with Crippen LogP contribution in [0.2, 0.25) is 0 Å². The lowest BCUT2D eigenvalue weighted by Gasteiger charge is -2.26.